The lowest BCUT2D eigenvalue weighted by atomic mass is 10.2. The summed E-state index contributed by atoms with van der Waals surface area (Å²) in [5, 5.41) is 3.59. The van der Waals surface area contributed by atoms with Gasteiger partial charge in [0, 0.05) is 12.6 Å². The van der Waals surface area contributed by atoms with Gasteiger partial charge in [0.25, 0.3) is 0 Å². The molecule has 2 saturated carbocycles. The van der Waals surface area contributed by atoms with Crippen LogP contribution in [0.3, 0.4) is 0 Å². The highest BCUT2D eigenvalue weighted by molar-refractivity contribution is 4.81. The van der Waals surface area contributed by atoms with Gasteiger partial charge >= 0.3 is 0 Å². The number of nitrogens with one attached hydrogen (secondary N) is 1. The maximum absolute atomic E-state index is 5.92. The number of hydrogen-bond acceptors (Lipinski definition) is 2. The van der Waals surface area contributed by atoms with Crippen LogP contribution in [0.4, 0.5) is 0 Å². The average Bonchev–Trinajstić information content (AvgIpc) is 2.95. The smallest absolute Gasteiger partial charge is 0.0590 e. The molecule has 2 unspecified atom stereocenters. The maximum atomic E-state index is 5.92. The van der Waals surface area contributed by atoms with Crippen LogP contribution in [-0.4, -0.2) is 25.3 Å². The van der Waals surface area contributed by atoms with E-state index in [2.05, 4.69) is 12.2 Å². The largest absolute Gasteiger partial charge is 0.378 e. The van der Waals surface area contributed by atoms with Crippen molar-refractivity contribution in [3.63, 3.8) is 0 Å². The van der Waals surface area contributed by atoms with Gasteiger partial charge in [-0.25, -0.2) is 0 Å². The van der Waals surface area contributed by atoms with Gasteiger partial charge in [0.2, 0.25) is 0 Å². The first-order valence-corrected chi connectivity index (χ1v) is 6.73. The Morgan fingerprint density at radius 1 is 1.20 bits per heavy atom. The molecule has 2 rings (SSSR count). The van der Waals surface area contributed by atoms with E-state index in [1.807, 2.05) is 0 Å². The minimum atomic E-state index is 0.554. The van der Waals surface area contributed by atoms with Gasteiger partial charge in [-0.3, -0.25) is 0 Å². The van der Waals surface area contributed by atoms with Crippen LogP contribution < -0.4 is 5.32 Å². The molecule has 15 heavy (non-hydrogen) atoms. The first-order valence-electron chi connectivity index (χ1n) is 6.73. The Morgan fingerprint density at radius 2 is 2.07 bits per heavy atom. The van der Waals surface area contributed by atoms with E-state index in [1.54, 1.807) is 0 Å². The Hall–Kier alpha value is -0.0800. The van der Waals surface area contributed by atoms with Gasteiger partial charge in [-0.1, -0.05) is 19.8 Å². The zero-order chi connectivity index (χ0) is 10.5. The van der Waals surface area contributed by atoms with E-state index in [-0.39, 0.29) is 0 Å². The molecule has 0 radical (unpaired) electrons. The molecule has 2 nitrogen and oxygen atoms in total. The fraction of sp³-hybridized carbons (Fsp3) is 1.00. The number of rotatable bonds is 7. The van der Waals surface area contributed by atoms with Crippen LogP contribution in [0.15, 0.2) is 0 Å². The summed E-state index contributed by atoms with van der Waals surface area (Å²) in [6.45, 7) is 4.40. The molecule has 0 aromatic heterocycles. The molecular formula is C13H25NO. The maximum Gasteiger partial charge on any atom is 0.0590 e. The Labute approximate surface area is 93.8 Å². The van der Waals surface area contributed by atoms with Crippen molar-refractivity contribution in [3.05, 3.63) is 0 Å². The van der Waals surface area contributed by atoms with Crippen molar-refractivity contribution >= 4 is 0 Å². The van der Waals surface area contributed by atoms with Crippen molar-refractivity contribution in [2.45, 2.75) is 64.0 Å². The van der Waals surface area contributed by atoms with Gasteiger partial charge in [-0.2, -0.15) is 0 Å². The lowest BCUT2D eigenvalue weighted by Crippen LogP contribution is -2.27. The molecule has 2 atom stereocenters. The van der Waals surface area contributed by atoms with Crippen LogP contribution in [0.1, 0.15) is 51.9 Å². The zero-order valence-electron chi connectivity index (χ0n) is 10.0. The molecule has 2 fully saturated rings. The molecule has 2 heteroatoms. The Balaban J connectivity index is 1.51. The fourth-order valence-corrected chi connectivity index (χ4v) is 2.43. The highest BCUT2D eigenvalue weighted by Crippen LogP contribution is 2.32. The molecule has 1 N–H and O–H groups in total. The summed E-state index contributed by atoms with van der Waals surface area (Å²) in [6, 6.07) is 0.732. The summed E-state index contributed by atoms with van der Waals surface area (Å²) < 4.78 is 5.92. The minimum absolute atomic E-state index is 0.554. The molecule has 2 aliphatic carbocycles. The molecule has 0 aromatic carbocycles. The molecule has 88 valence electrons. The van der Waals surface area contributed by atoms with Crippen molar-refractivity contribution in [2.24, 2.45) is 5.92 Å². The van der Waals surface area contributed by atoms with Crippen LogP contribution in [0.2, 0.25) is 0 Å². The summed E-state index contributed by atoms with van der Waals surface area (Å²) >= 11 is 0. The van der Waals surface area contributed by atoms with Crippen LogP contribution in [0.25, 0.3) is 0 Å². The molecule has 0 aromatic rings. The van der Waals surface area contributed by atoms with Crippen LogP contribution in [-0.2, 0) is 4.74 Å². The van der Waals surface area contributed by atoms with Gasteiger partial charge in [0.1, 0.15) is 0 Å². The first-order chi connectivity index (χ1) is 7.38. The van der Waals surface area contributed by atoms with Crippen molar-refractivity contribution in [1.29, 1.82) is 0 Å². The predicted octanol–water partition coefficient (Wildman–Crippen LogP) is 2.72. The minimum Gasteiger partial charge on any atom is -0.378 e. The Bertz CT molecular complexity index is 179. The lowest BCUT2D eigenvalue weighted by Gasteiger charge is -2.13. The van der Waals surface area contributed by atoms with Crippen molar-refractivity contribution < 1.29 is 4.74 Å². The van der Waals surface area contributed by atoms with E-state index in [1.165, 1.54) is 51.5 Å². The van der Waals surface area contributed by atoms with Gasteiger partial charge in [0.15, 0.2) is 0 Å². The fourth-order valence-electron chi connectivity index (χ4n) is 2.43. The summed E-state index contributed by atoms with van der Waals surface area (Å²) in [6.07, 6.45) is 9.83. The normalized spacial score (nSPS) is 31.0. The SMILES string of the molecule is CCCNC1CCC(OCCC2CC2)C1. The molecular weight excluding hydrogens is 186 g/mol. The molecule has 0 aliphatic heterocycles. The third-order valence-electron chi connectivity index (χ3n) is 3.64. The summed E-state index contributed by atoms with van der Waals surface area (Å²) in [7, 11) is 0. The van der Waals surface area contributed by atoms with E-state index in [0.29, 0.717) is 6.10 Å². The monoisotopic (exact) mass is 211 g/mol. The van der Waals surface area contributed by atoms with E-state index in [0.717, 1.165) is 18.6 Å². The second kappa shape index (κ2) is 5.86. The molecule has 0 heterocycles. The second-order valence-corrected chi connectivity index (χ2v) is 5.19. The summed E-state index contributed by atoms with van der Waals surface area (Å²) in [5.74, 6) is 1.01. The number of hydrogen-bond donors (Lipinski definition) is 1. The summed E-state index contributed by atoms with van der Waals surface area (Å²) in [4.78, 5) is 0. The topological polar surface area (TPSA) is 21.3 Å². The molecule has 0 saturated heterocycles. The van der Waals surface area contributed by atoms with E-state index in [4.69, 9.17) is 4.74 Å². The van der Waals surface area contributed by atoms with Gasteiger partial charge in [0.05, 0.1) is 6.10 Å². The quantitative estimate of drug-likeness (QED) is 0.699. The first kappa shape index (κ1) is 11.4. The molecule has 2 aliphatic rings. The molecule has 0 bridgehead atoms. The Morgan fingerprint density at radius 3 is 2.80 bits per heavy atom. The third kappa shape index (κ3) is 4.12. The summed E-state index contributed by atoms with van der Waals surface area (Å²) in [5.41, 5.74) is 0. The Kier molecular flexibility index (Phi) is 4.45. The standard InChI is InChI=1S/C13H25NO/c1-2-8-14-12-5-6-13(10-12)15-9-7-11-3-4-11/h11-14H,2-10H2,1H3. The molecule has 0 spiro atoms. The van der Waals surface area contributed by atoms with Crippen LogP contribution in [0, 0.1) is 5.92 Å². The van der Waals surface area contributed by atoms with E-state index in [9.17, 15) is 0 Å². The van der Waals surface area contributed by atoms with Crippen molar-refractivity contribution in [2.75, 3.05) is 13.2 Å². The van der Waals surface area contributed by atoms with E-state index >= 15 is 0 Å². The van der Waals surface area contributed by atoms with Crippen molar-refractivity contribution in [3.8, 4) is 0 Å². The number of ether oxygens (including phenoxy) is 1. The van der Waals surface area contributed by atoms with Crippen LogP contribution >= 0.6 is 0 Å². The lowest BCUT2D eigenvalue weighted by molar-refractivity contribution is 0.0528. The predicted molar refractivity (Wildman–Crippen MR) is 63.0 cm³/mol. The van der Waals surface area contributed by atoms with Gasteiger partial charge < -0.3 is 10.1 Å². The highest BCUT2D eigenvalue weighted by atomic mass is 16.5. The molecule has 0 amide bonds. The average molecular weight is 211 g/mol. The van der Waals surface area contributed by atoms with Gasteiger partial charge in [-0.15, -0.1) is 0 Å². The highest BCUT2D eigenvalue weighted by Gasteiger charge is 2.26. The third-order valence-corrected chi connectivity index (χ3v) is 3.64. The van der Waals surface area contributed by atoms with Crippen LogP contribution in [0.5, 0.6) is 0 Å². The van der Waals surface area contributed by atoms with Gasteiger partial charge in [-0.05, 0) is 44.6 Å². The zero-order valence-corrected chi connectivity index (χ0v) is 10.0. The van der Waals surface area contributed by atoms with E-state index < -0.39 is 0 Å². The second-order valence-electron chi connectivity index (χ2n) is 5.19. The van der Waals surface area contributed by atoms with Crippen molar-refractivity contribution in [1.82, 2.24) is 5.32 Å².